The molecule has 80 valence electrons. The first-order chi connectivity index (χ1) is 6.20. The van der Waals surface area contributed by atoms with Crippen LogP contribution in [0.2, 0.25) is 0 Å². The van der Waals surface area contributed by atoms with Crippen molar-refractivity contribution in [3.8, 4) is 0 Å². The van der Waals surface area contributed by atoms with Gasteiger partial charge in [-0.15, -0.1) is 0 Å². The average Bonchev–Trinajstić information content (AvgIpc) is 2.14. The van der Waals surface area contributed by atoms with Crippen LogP contribution in [0.4, 0.5) is 0 Å². The fourth-order valence-electron chi connectivity index (χ4n) is 1.22. The Labute approximate surface area is 82.3 Å². The monoisotopic (exact) mass is 188 g/mol. The molecule has 0 aliphatic rings. The molecule has 1 N–H and O–H groups in total. The Morgan fingerprint density at radius 1 is 0.923 bits per heavy atom. The molecule has 3 nitrogen and oxygen atoms in total. The fraction of sp³-hybridized carbons (Fsp3) is 1.00. The summed E-state index contributed by atoms with van der Waals surface area (Å²) < 4.78 is 0. The second-order valence-electron chi connectivity index (χ2n) is 3.63. The number of aliphatic hydroxyl groups is 1. The van der Waals surface area contributed by atoms with Crippen molar-refractivity contribution in [3.05, 3.63) is 0 Å². The molecule has 0 rings (SSSR count). The molecule has 0 aromatic heterocycles. The van der Waals surface area contributed by atoms with Crippen LogP contribution in [0.25, 0.3) is 0 Å². The molecule has 0 saturated carbocycles. The lowest BCUT2D eigenvalue weighted by Crippen LogP contribution is -2.26. The average molecular weight is 188 g/mol. The van der Waals surface area contributed by atoms with Gasteiger partial charge in [0.05, 0.1) is 0 Å². The molecule has 0 spiro atoms. The van der Waals surface area contributed by atoms with Gasteiger partial charge in [0.2, 0.25) is 0 Å². The third-order valence-electron chi connectivity index (χ3n) is 2.32. The van der Waals surface area contributed by atoms with Gasteiger partial charge in [-0.3, -0.25) is 0 Å². The maximum absolute atomic E-state index is 8.63. The van der Waals surface area contributed by atoms with E-state index in [4.69, 9.17) is 5.11 Å². The zero-order chi connectivity index (χ0) is 10.1. The van der Waals surface area contributed by atoms with Gasteiger partial charge in [0.1, 0.15) is 0 Å². The number of rotatable bonds is 8. The van der Waals surface area contributed by atoms with Crippen LogP contribution in [0.15, 0.2) is 0 Å². The van der Waals surface area contributed by atoms with Crippen LogP contribution in [0.1, 0.15) is 19.8 Å². The van der Waals surface area contributed by atoms with Gasteiger partial charge in [0, 0.05) is 13.2 Å². The lowest BCUT2D eigenvalue weighted by Gasteiger charge is -2.18. The lowest BCUT2D eigenvalue weighted by molar-refractivity contribution is 0.238. The minimum absolute atomic E-state index is 0.305. The molecule has 0 aliphatic heterocycles. The number of hydrogen-bond donors (Lipinski definition) is 1. The Bertz CT molecular complexity index is 109. The smallest absolute Gasteiger partial charge is 0.0443 e. The molecule has 0 fully saturated rings. The maximum Gasteiger partial charge on any atom is 0.0443 e. The first-order valence-corrected chi connectivity index (χ1v) is 5.18. The van der Waals surface area contributed by atoms with Crippen molar-refractivity contribution in [2.75, 3.05) is 46.9 Å². The van der Waals surface area contributed by atoms with Crippen molar-refractivity contribution >= 4 is 0 Å². The molecule has 3 heteroatoms. The van der Waals surface area contributed by atoms with E-state index in [1.807, 2.05) is 0 Å². The summed E-state index contributed by atoms with van der Waals surface area (Å²) in [5.74, 6) is 0. The second kappa shape index (κ2) is 8.48. The molecule has 0 aromatic rings. The second-order valence-corrected chi connectivity index (χ2v) is 3.63. The van der Waals surface area contributed by atoms with E-state index < -0.39 is 0 Å². The van der Waals surface area contributed by atoms with E-state index in [0.29, 0.717) is 6.61 Å². The van der Waals surface area contributed by atoms with E-state index in [-0.39, 0.29) is 0 Å². The van der Waals surface area contributed by atoms with Crippen LogP contribution in [-0.4, -0.2) is 61.8 Å². The third-order valence-corrected chi connectivity index (χ3v) is 2.32. The Morgan fingerprint density at radius 3 is 2.00 bits per heavy atom. The molecule has 0 unspecified atom stereocenters. The van der Waals surface area contributed by atoms with Crippen LogP contribution < -0.4 is 0 Å². The molecular formula is C10H24N2O. The molecule has 0 amide bonds. The summed E-state index contributed by atoms with van der Waals surface area (Å²) in [5, 5.41) is 8.63. The van der Waals surface area contributed by atoms with Crippen molar-refractivity contribution in [1.29, 1.82) is 0 Å². The van der Waals surface area contributed by atoms with Crippen LogP contribution in [0.5, 0.6) is 0 Å². The van der Waals surface area contributed by atoms with Gasteiger partial charge < -0.3 is 14.9 Å². The molecule has 0 atom stereocenters. The molecule has 0 aliphatic carbocycles. The molecule has 0 aromatic carbocycles. The first-order valence-electron chi connectivity index (χ1n) is 5.18. The van der Waals surface area contributed by atoms with Gasteiger partial charge >= 0.3 is 0 Å². The van der Waals surface area contributed by atoms with Gasteiger partial charge in [0.25, 0.3) is 0 Å². The zero-order valence-corrected chi connectivity index (χ0v) is 9.29. The topological polar surface area (TPSA) is 26.7 Å². The van der Waals surface area contributed by atoms with Crippen LogP contribution >= 0.6 is 0 Å². The molecular weight excluding hydrogens is 164 g/mol. The zero-order valence-electron chi connectivity index (χ0n) is 9.29. The van der Waals surface area contributed by atoms with E-state index >= 15 is 0 Å². The van der Waals surface area contributed by atoms with Gasteiger partial charge in [-0.25, -0.2) is 0 Å². The molecule has 13 heavy (non-hydrogen) atoms. The summed E-state index contributed by atoms with van der Waals surface area (Å²) in [7, 11) is 4.26. The van der Waals surface area contributed by atoms with Crippen molar-refractivity contribution in [1.82, 2.24) is 9.80 Å². The van der Waals surface area contributed by atoms with E-state index in [9.17, 15) is 0 Å². The fourth-order valence-corrected chi connectivity index (χ4v) is 1.22. The highest BCUT2D eigenvalue weighted by atomic mass is 16.3. The van der Waals surface area contributed by atoms with E-state index in [1.165, 1.54) is 13.0 Å². The van der Waals surface area contributed by atoms with Crippen LogP contribution in [0.3, 0.4) is 0 Å². The Morgan fingerprint density at radius 2 is 1.46 bits per heavy atom. The van der Waals surface area contributed by atoms with E-state index in [2.05, 4.69) is 30.8 Å². The summed E-state index contributed by atoms with van der Waals surface area (Å²) >= 11 is 0. The maximum atomic E-state index is 8.63. The molecule has 0 saturated heterocycles. The van der Waals surface area contributed by atoms with Crippen molar-refractivity contribution < 1.29 is 5.11 Å². The van der Waals surface area contributed by atoms with Crippen LogP contribution in [-0.2, 0) is 0 Å². The Kier molecular flexibility index (Phi) is 8.40. The van der Waals surface area contributed by atoms with Gasteiger partial charge in [-0.2, -0.15) is 0 Å². The molecule has 0 bridgehead atoms. The lowest BCUT2D eigenvalue weighted by atomic mass is 10.3. The predicted octanol–water partition coefficient (Wildman–Crippen LogP) is 0.642. The van der Waals surface area contributed by atoms with Crippen molar-refractivity contribution in [2.45, 2.75) is 19.8 Å². The third kappa shape index (κ3) is 8.22. The summed E-state index contributed by atoms with van der Waals surface area (Å²) in [5.41, 5.74) is 0. The Hall–Kier alpha value is -0.120. The highest BCUT2D eigenvalue weighted by Crippen LogP contribution is 1.92. The summed E-state index contributed by atoms with van der Waals surface area (Å²) in [6.45, 7) is 6.91. The highest BCUT2D eigenvalue weighted by Gasteiger charge is 1.98. The number of aliphatic hydroxyl groups excluding tert-OH is 1. The minimum atomic E-state index is 0.305. The van der Waals surface area contributed by atoms with Crippen LogP contribution in [0, 0.1) is 0 Å². The largest absolute Gasteiger partial charge is 0.396 e. The number of hydrogen-bond acceptors (Lipinski definition) is 3. The standard InChI is InChI=1S/C10H24N2O/c1-4-11(2)7-5-8-12(3)9-6-10-13/h13H,4-10H2,1-3H3. The summed E-state index contributed by atoms with van der Waals surface area (Å²) in [4.78, 5) is 4.60. The van der Waals surface area contributed by atoms with Gasteiger partial charge in [-0.05, 0) is 46.6 Å². The minimum Gasteiger partial charge on any atom is -0.396 e. The van der Waals surface area contributed by atoms with E-state index in [1.54, 1.807) is 0 Å². The highest BCUT2D eigenvalue weighted by molar-refractivity contribution is 4.54. The predicted molar refractivity (Wildman–Crippen MR) is 57.0 cm³/mol. The van der Waals surface area contributed by atoms with Crippen molar-refractivity contribution in [2.24, 2.45) is 0 Å². The summed E-state index contributed by atoms with van der Waals surface area (Å²) in [6, 6.07) is 0. The van der Waals surface area contributed by atoms with Crippen molar-refractivity contribution in [3.63, 3.8) is 0 Å². The quantitative estimate of drug-likeness (QED) is 0.605. The van der Waals surface area contributed by atoms with E-state index in [0.717, 1.165) is 26.1 Å². The van der Waals surface area contributed by atoms with Gasteiger partial charge in [-0.1, -0.05) is 6.92 Å². The number of nitrogens with zero attached hydrogens (tertiary/aromatic N) is 2. The SMILES string of the molecule is CCN(C)CCCN(C)CCCO. The first kappa shape index (κ1) is 12.9. The molecule has 0 radical (unpaired) electrons. The normalized spacial score (nSPS) is 11.5. The summed E-state index contributed by atoms with van der Waals surface area (Å²) in [6.07, 6.45) is 2.10. The Balaban J connectivity index is 3.21. The molecule has 0 heterocycles. The van der Waals surface area contributed by atoms with Gasteiger partial charge in [0.15, 0.2) is 0 Å².